The molecule has 1 aliphatic heterocycles. The second-order valence-corrected chi connectivity index (χ2v) is 9.47. The summed E-state index contributed by atoms with van der Waals surface area (Å²) in [4.78, 5) is 19.7. The molecule has 3 heterocycles. The summed E-state index contributed by atoms with van der Waals surface area (Å²) in [6.07, 6.45) is 5.15. The van der Waals surface area contributed by atoms with Crippen LogP contribution in [0.25, 0.3) is 28.0 Å². The van der Waals surface area contributed by atoms with Crippen LogP contribution in [0.15, 0.2) is 59.4 Å². The molecule has 1 spiro atoms. The van der Waals surface area contributed by atoms with Gasteiger partial charge in [0.15, 0.2) is 5.65 Å². The van der Waals surface area contributed by atoms with E-state index in [1.165, 1.54) is 25.7 Å². The molecule has 6 heteroatoms. The molecule has 1 saturated heterocycles. The lowest BCUT2D eigenvalue weighted by Gasteiger charge is -2.33. The van der Waals surface area contributed by atoms with E-state index in [4.69, 9.17) is 9.84 Å². The molecule has 2 aromatic carbocycles. The summed E-state index contributed by atoms with van der Waals surface area (Å²) in [5.74, 6) is 0.764. The number of aryl methyl sites for hydroxylation is 1. The average molecular weight is 441 g/mol. The van der Waals surface area contributed by atoms with Gasteiger partial charge in [0.1, 0.15) is 17.1 Å². The fraction of sp³-hybridized carbons (Fsp3) is 0.333. The number of hydrogen-bond acceptors (Lipinski definition) is 4. The number of anilines is 1. The van der Waals surface area contributed by atoms with Crippen LogP contribution in [0.5, 0.6) is 5.75 Å². The molecule has 168 valence electrons. The van der Waals surface area contributed by atoms with E-state index in [1.54, 1.807) is 11.6 Å². The van der Waals surface area contributed by atoms with Crippen LogP contribution in [0, 0.1) is 12.3 Å². The Labute approximate surface area is 192 Å². The number of rotatable bonds is 4. The zero-order valence-corrected chi connectivity index (χ0v) is 19.1. The molecule has 1 saturated carbocycles. The van der Waals surface area contributed by atoms with Gasteiger partial charge >= 0.3 is 0 Å². The Balaban J connectivity index is 1.54. The minimum atomic E-state index is -0.106. The third-order valence-electron chi connectivity index (χ3n) is 7.47. The van der Waals surface area contributed by atoms with Crippen LogP contribution in [0.4, 0.5) is 5.69 Å². The highest BCUT2D eigenvalue weighted by atomic mass is 16.5. The number of ether oxygens (including phenoxy) is 1. The highest BCUT2D eigenvalue weighted by molar-refractivity contribution is 5.87. The molecular weight excluding hydrogens is 412 g/mol. The Morgan fingerprint density at radius 3 is 2.27 bits per heavy atom. The molecule has 33 heavy (non-hydrogen) atoms. The Morgan fingerprint density at radius 2 is 1.64 bits per heavy atom. The van der Waals surface area contributed by atoms with Crippen LogP contribution in [-0.4, -0.2) is 34.8 Å². The number of piperidine rings is 1. The summed E-state index contributed by atoms with van der Waals surface area (Å²) in [5, 5.41) is 4.88. The van der Waals surface area contributed by atoms with Crippen molar-refractivity contribution in [2.45, 2.75) is 32.6 Å². The molecule has 1 N–H and O–H groups in total. The van der Waals surface area contributed by atoms with E-state index in [0.29, 0.717) is 11.0 Å². The summed E-state index contributed by atoms with van der Waals surface area (Å²) < 4.78 is 6.84. The van der Waals surface area contributed by atoms with Gasteiger partial charge < -0.3 is 14.6 Å². The molecule has 0 radical (unpaired) electrons. The monoisotopic (exact) mass is 440 g/mol. The van der Waals surface area contributed by atoms with Crippen molar-refractivity contribution in [3.05, 3.63) is 70.6 Å². The molecule has 0 bridgehead atoms. The zero-order valence-electron chi connectivity index (χ0n) is 19.1. The van der Waals surface area contributed by atoms with Gasteiger partial charge in [-0.1, -0.05) is 42.5 Å². The summed E-state index contributed by atoms with van der Waals surface area (Å²) >= 11 is 0. The van der Waals surface area contributed by atoms with Crippen LogP contribution in [0.2, 0.25) is 0 Å². The Hall–Kier alpha value is -3.54. The van der Waals surface area contributed by atoms with Crippen molar-refractivity contribution < 1.29 is 4.74 Å². The van der Waals surface area contributed by atoms with Gasteiger partial charge in [0.05, 0.1) is 12.7 Å². The fourth-order valence-corrected chi connectivity index (χ4v) is 5.24. The smallest absolute Gasteiger partial charge is 0.282 e. The highest BCUT2D eigenvalue weighted by Gasteiger charge is 2.45. The second-order valence-electron chi connectivity index (χ2n) is 9.47. The first kappa shape index (κ1) is 20.1. The number of hydrogen-bond donors (Lipinski definition) is 1. The molecular formula is C27H28N4O2. The van der Waals surface area contributed by atoms with Crippen LogP contribution >= 0.6 is 0 Å². The predicted octanol–water partition coefficient (Wildman–Crippen LogP) is 5.05. The molecule has 4 aromatic rings. The average Bonchev–Trinajstić information content (AvgIpc) is 3.49. The maximum Gasteiger partial charge on any atom is 0.282 e. The molecule has 0 atom stereocenters. The molecule has 0 amide bonds. The first-order valence-electron chi connectivity index (χ1n) is 11.7. The van der Waals surface area contributed by atoms with E-state index in [2.05, 4.69) is 22.0 Å². The number of nitrogens with one attached hydrogen (secondary N) is 1. The second kappa shape index (κ2) is 7.51. The number of benzene rings is 2. The SMILES string of the molecule is COc1ccc(-c2c(C)[nH]c3c(N4CCC5(CC4)CC5)c(-c4ccccc4)nn3c2=O)cc1. The van der Waals surface area contributed by atoms with Gasteiger partial charge in [-0.3, -0.25) is 4.79 Å². The predicted molar refractivity (Wildman–Crippen MR) is 131 cm³/mol. The first-order chi connectivity index (χ1) is 16.1. The number of fused-ring (bicyclic) bond motifs is 1. The number of nitrogens with zero attached hydrogens (tertiary/aromatic N) is 3. The van der Waals surface area contributed by atoms with Gasteiger partial charge in [0.2, 0.25) is 0 Å². The number of methoxy groups -OCH3 is 1. The summed E-state index contributed by atoms with van der Waals surface area (Å²) in [6.45, 7) is 3.97. The molecule has 2 fully saturated rings. The normalized spacial score (nSPS) is 17.0. The third kappa shape index (κ3) is 3.32. The highest BCUT2D eigenvalue weighted by Crippen LogP contribution is 2.54. The lowest BCUT2D eigenvalue weighted by atomic mass is 9.93. The van der Waals surface area contributed by atoms with Gasteiger partial charge in [-0.2, -0.15) is 9.61 Å². The van der Waals surface area contributed by atoms with Crippen LogP contribution in [0.1, 0.15) is 31.4 Å². The summed E-state index contributed by atoms with van der Waals surface area (Å²) in [5.41, 5.74) is 6.51. The quantitative estimate of drug-likeness (QED) is 0.482. The van der Waals surface area contributed by atoms with E-state index < -0.39 is 0 Å². The van der Waals surface area contributed by atoms with Gasteiger partial charge in [-0.15, -0.1) is 0 Å². The van der Waals surface area contributed by atoms with Crippen molar-refractivity contribution >= 4 is 11.3 Å². The fourth-order valence-electron chi connectivity index (χ4n) is 5.24. The lowest BCUT2D eigenvalue weighted by Crippen LogP contribution is -2.34. The minimum absolute atomic E-state index is 0.106. The molecule has 1 aliphatic carbocycles. The van der Waals surface area contributed by atoms with E-state index >= 15 is 0 Å². The minimum Gasteiger partial charge on any atom is -0.497 e. The summed E-state index contributed by atoms with van der Waals surface area (Å²) in [6, 6.07) is 17.8. The number of H-pyrrole nitrogens is 1. The van der Waals surface area contributed by atoms with Crippen molar-refractivity contribution in [1.82, 2.24) is 14.6 Å². The summed E-state index contributed by atoms with van der Waals surface area (Å²) in [7, 11) is 1.64. The third-order valence-corrected chi connectivity index (χ3v) is 7.47. The molecule has 6 rings (SSSR count). The van der Waals surface area contributed by atoms with Crippen molar-refractivity contribution in [2.75, 3.05) is 25.1 Å². The lowest BCUT2D eigenvalue weighted by molar-refractivity contribution is 0.385. The number of aromatic amines is 1. The molecule has 6 nitrogen and oxygen atoms in total. The molecule has 0 unspecified atom stereocenters. The van der Waals surface area contributed by atoms with Gasteiger partial charge in [-0.25, -0.2) is 0 Å². The van der Waals surface area contributed by atoms with Crippen molar-refractivity contribution in [2.24, 2.45) is 5.41 Å². The van der Waals surface area contributed by atoms with E-state index in [9.17, 15) is 4.79 Å². The standard InChI is InChI=1S/C27H28N4O2/c1-18-22(19-8-10-21(33-2)11-9-19)26(32)31-25(28-18)24(23(29-31)20-6-4-3-5-7-20)30-16-14-27(12-13-27)15-17-30/h3-11,28H,12-17H2,1-2H3. The van der Waals surface area contributed by atoms with Gasteiger partial charge in [-0.05, 0) is 55.7 Å². The van der Waals surface area contributed by atoms with Crippen LogP contribution in [-0.2, 0) is 0 Å². The maximum atomic E-state index is 13.7. The molecule has 2 aromatic heterocycles. The van der Waals surface area contributed by atoms with Crippen LogP contribution < -0.4 is 15.2 Å². The van der Waals surface area contributed by atoms with Gasteiger partial charge in [0, 0.05) is 24.3 Å². The largest absolute Gasteiger partial charge is 0.497 e. The van der Waals surface area contributed by atoms with E-state index in [-0.39, 0.29) is 5.56 Å². The van der Waals surface area contributed by atoms with Crippen LogP contribution in [0.3, 0.4) is 0 Å². The number of aromatic nitrogens is 3. The first-order valence-corrected chi connectivity index (χ1v) is 11.7. The molecule has 2 aliphatic rings. The van der Waals surface area contributed by atoms with Crippen molar-refractivity contribution in [3.63, 3.8) is 0 Å². The maximum absolute atomic E-state index is 13.7. The zero-order chi connectivity index (χ0) is 22.6. The van der Waals surface area contributed by atoms with E-state index in [1.807, 2.05) is 49.4 Å². The Morgan fingerprint density at radius 1 is 0.939 bits per heavy atom. The Bertz CT molecular complexity index is 1370. The van der Waals surface area contributed by atoms with E-state index in [0.717, 1.165) is 52.7 Å². The van der Waals surface area contributed by atoms with Crippen molar-refractivity contribution in [3.8, 4) is 28.1 Å². The van der Waals surface area contributed by atoms with Crippen molar-refractivity contribution in [1.29, 1.82) is 0 Å². The Kier molecular flexibility index (Phi) is 4.57. The van der Waals surface area contributed by atoms with Gasteiger partial charge in [0.25, 0.3) is 5.56 Å². The topological polar surface area (TPSA) is 62.6 Å².